The minimum atomic E-state index is -1.14. The Balaban J connectivity index is 1.36. The summed E-state index contributed by atoms with van der Waals surface area (Å²) in [6.07, 6.45) is -0.377. The highest BCUT2D eigenvalue weighted by Gasteiger charge is 2.37. The van der Waals surface area contributed by atoms with Gasteiger partial charge >= 0.3 is 12.2 Å². The van der Waals surface area contributed by atoms with E-state index in [2.05, 4.69) is 21.3 Å². The lowest BCUT2D eigenvalue weighted by Crippen LogP contribution is -2.53. The Hall–Kier alpha value is -7.65. The van der Waals surface area contributed by atoms with Crippen LogP contribution in [0.5, 0.6) is 11.5 Å². The second-order valence-electron chi connectivity index (χ2n) is 15.2. The number of ketones is 1. The van der Waals surface area contributed by atoms with Crippen LogP contribution in [0.25, 0.3) is 49.2 Å². The van der Waals surface area contributed by atoms with E-state index in [0.717, 1.165) is 15.9 Å². The first-order valence-corrected chi connectivity index (χ1v) is 19.4. The number of phenolic OH excluding ortho intramolecular Hbond substituents is 1. The first-order valence-electron chi connectivity index (χ1n) is 19.4. The fourth-order valence-corrected chi connectivity index (χ4v) is 8.97. The minimum Gasteiger partial charge on any atom is -0.505 e. The molecule has 7 N–H and O–H groups in total. The topological polar surface area (TPSA) is 297 Å². The molecule has 0 bridgehead atoms. The van der Waals surface area contributed by atoms with Gasteiger partial charge < -0.3 is 40.2 Å². The summed E-state index contributed by atoms with van der Waals surface area (Å²) in [6.45, 7) is -1.28. The van der Waals surface area contributed by atoms with Crippen LogP contribution in [0.2, 0.25) is 0 Å². The molecular formula is C42H38N6O15. The molecule has 21 heteroatoms. The Kier molecular flexibility index (Phi) is 10.7. The van der Waals surface area contributed by atoms with Crippen molar-refractivity contribution in [3.05, 3.63) is 60.4 Å². The number of ether oxygens (including phenoxy) is 3. The molecule has 6 amide bonds. The van der Waals surface area contributed by atoms with E-state index in [4.69, 9.17) is 14.2 Å². The van der Waals surface area contributed by atoms with E-state index in [1.165, 1.54) is 20.1 Å². The molecule has 1 aliphatic carbocycles. The maximum atomic E-state index is 14.9. The predicted octanol–water partition coefficient (Wildman–Crippen LogP) is 0.655. The zero-order valence-corrected chi connectivity index (χ0v) is 33.8. The van der Waals surface area contributed by atoms with Gasteiger partial charge in [-0.2, -0.15) is 0 Å². The summed E-state index contributed by atoms with van der Waals surface area (Å²) in [5.74, 6) is -5.15. The van der Waals surface area contributed by atoms with E-state index >= 15 is 0 Å². The molecule has 3 aliphatic rings. The Labute approximate surface area is 353 Å². The smallest absolute Gasteiger partial charge is 0.412 e. The number of phenols is 1. The van der Waals surface area contributed by atoms with Crippen LogP contribution in [0.4, 0.5) is 21.0 Å². The van der Waals surface area contributed by atoms with Crippen LogP contribution in [0, 0.1) is 0 Å². The lowest BCUT2D eigenvalue weighted by molar-refractivity contribution is -0.136. The molecule has 2 fully saturated rings. The molecule has 8 rings (SSSR count). The number of allylic oxidation sites excluding steroid dienone is 1. The van der Waals surface area contributed by atoms with Crippen LogP contribution in [0.1, 0.15) is 42.0 Å². The quantitative estimate of drug-likeness (QED) is 0.0240. The van der Waals surface area contributed by atoms with Gasteiger partial charge in [0, 0.05) is 39.5 Å². The van der Waals surface area contributed by atoms with Crippen molar-refractivity contribution in [1.82, 2.24) is 20.4 Å². The van der Waals surface area contributed by atoms with Crippen molar-refractivity contribution < 1.29 is 63.1 Å². The van der Waals surface area contributed by atoms with Crippen LogP contribution in [-0.4, -0.2) is 120 Å². The summed E-state index contributed by atoms with van der Waals surface area (Å²) >= 11 is 0. The molecule has 5 aromatic carbocycles. The summed E-state index contributed by atoms with van der Waals surface area (Å²) in [6, 6.07) is 2.53. The lowest BCUT2D eigenvalue weighted by atomic mass is 9.79. The Morgan fingerprint density at radius 1 is 0.746 bits per heavy atom. The van der Waals surface area contributed by atoms with Crippen LogP contribution in [0.3, 0.4) is 0 Å². The molecule has 1 atom stereocenters. The van der Waals surface area contributed by atoms with Gasteiger partial charge in [-0.15, -0.1) is 0 Å². The minimum absolute atomic E-state index is 0.0246. The van der Waals surface area contributed by atoms with Crippen molar-refractivity contribution >= 4 is 102 Å². The summed E-state index contributed by atoms with van der Waals surface area (Å²) < 4.78 is 16.5. The van der Waals surface area contributed by atoms with Gasteiger partial charge in [0.05, 0.1) is 42.7 Å². The SMILES string of the molecule is COc1c2c3c4c(c(NCCOC(=O)N5CC(=O)NC(=O)C5)c(O)c5c(=O)cc(CO)c(c6c(CO)cc(NCOC(=O)N7CC(=O)NC(=O)C7)c(c1=O)c63)c54)C=C(C)C2C(C)=O. The molecular weight excluding hydrogens is 828 g/mol. The third-order valence-electron chi connectivity index (χ3n) is 11.3. The zero-order valence-electron chi connectivity index (χ0n) is 33.8. The van der Waals surface area contributed by atoms with Gasteiger partial charge in [0.15, 0.2) is 23.7 Å². The number of benzene rings is 5. The van der Waals surface area contributed by atoms with Gasteiger partial charge in [0.2, 0.25) is 29.1 Å². The van der Waals surface area contributed by atoms with Crippen LogP contribution >= 0.6 is 0 Å². The zero-order chi connectivity index (χ0) is 45.2. The maximum absolute atomic E-state index is 14.9. The van der Waals surface area contributed by atoms with Gasteiger partial charge in [-0.25, -0.2) is 9.59 Å². The molecule has 5 aromatic rings. The first-order chi connectivity index (χ1) is 30.1. The molecule has 0 aromatic heterocycles. The summed E-state index contributed by atoms with van der Waals surface area (Å²) in [5.41, 5.74) is -0.453. The molecule has 326 valence electrons. The molecule has 2 aliphatic heterocycles. The number of piperazine rings is 2. The highest BCUT2D eigenvalue weighted by molar-refractivity contribution is 6.39. The summed E-state index contributed by atoms with van der Waals surface area (Å²) in [4.78, 5) is 118. The van der Waals surface area contributed by atoms with Gasteiger partial charge in [-0.05, 0) is 53.3 Å². The number of aliphatic hydroxyl groups is 2. The standard InChI is InChI=1S/C42H38N6O15/c1-16-6-20-30-33-29(19(14-50)8-22(52)32(33)38(57)37(20)43-4-5-62-41(59)47-9-23(53)45-24(54)10-47)28-18(13-49)7-21(44-15-63-42(60)48-11-25(55)46-26(56)12-48)31-34(28)35(30)36(27(16)17(2)51)40(61-3)39(31)58/h6-8,27,43-44,49-50,57H,4-5,9-15H2,1-3H3,(H,45,53,54)(H,46,55,56). The number of imide groups is 2. The average molecular weight is 867 g/mol. The lowest BCUT2D eigenvalue weighted by Gasteiger charge is -2.26. The molecule has 0 spiro atoms. The van der Waals surface area contributed by atoms with E-state index in [-0.39, 0.29) is 95.6 Å². The van der Waals surface area contributed by atoms with Crippen molar-refractivity contribution in [2.75, 3.05) is 63.8 Å². The normalized spacial score (nSPS) is 16.4. The average Bonchev–Trinajstić information content (AvgIpc) is 3.36. The second-order valence-corrected chi connectivity index (χ2v) is 15.2. The number of nitrogens with one attached hydrogen (secondary N) is 4. The summed E-state index contributed by atoms with van der Waals surface area (Å²) in [5, 5.41) is 44.9. The predicted molar refractivity (Wildman–Crippen MR) is 223 cm³/mol. The fourth-order valence-electron chi connectivity index (χ4n) is 8.97. The molecule has 0 saturated carbocycles. The molecule has 1 unspecified atom stereocenters. The number of hydrogen-bond acceptors (Lipinski definition) is 17. The number of carbonyl (C=O) groups is 7. The largest absolute Gasteiger partial charge is 0.505 e. The number of rotatable bonds is 11. The molecule has 0 radical (unpaired) electrons. The number of amides is 6. The van der Waals surface area contributed by atoms with Crippen molar-refractivity contribution in [3.63, 3.8) is 0 Å². The van der Waals surface area contributed by atoms with Crippen LogP contribution in [0.15, 0.2) is 27.3 Å². The third-order valence-corrected chi connectivity index (χ3v) is 11.3. The number of aromatic hydroxyl groups is 1. The molecule has 2 saturated heterocycles. The number of hydrogen-bond donors (Lipinski definition) is 7. The van der Waals surface area contributed by atoms with Crippen LogP contribution < -0.4 is 36.9 Å². The van der Waals surface area contributed by atoms with Crippen LogP contribution in [-0.2, 0) is 46.7 Å². The van der Waals surface area contributed by atoms with E-state index in [9.17, 15) is 58.5 Å². The maximum Gasteiger partial charge on any atom is 0.412 e. The first kappa shape index (κ1) is 42.1. The van der Waals surface area contributed by atoms with Crippen molar-refractivity contribution in [2.45, 2.75) is 33.0 Å². The van der Waals surface area contributed by atoms with E-state index in [1.807, 2.05) is 0 Å². The van der Waals surface area contributed by atoms with E-state index in [1.54, 1.807) is 13.0 Å². The van der Waals surface area contributed by atoms with Gasteiger partial charge in [-0.3, -0.25) is 54.0 Å². The highest BCUT2D eigenvalue weighted by Crippen LogP contribution is 2.55. The van der Waals surface area contributed by atoms with Gasteiger partial charge in [-0.1, -0.05) is 11.6 Å². The number of methoxy groups -OCH3 is 1. The number of Topliss-reactive ketones (excluding diaryl/α,β-unsaturated/α-hetero) is 1. The molecule has 2 heterocycles. The van der Waals surface area contributed by atoms with Crippen molar-refractivity contribution in [1.29, 1.82) is 0 Å². The number of fused-ring (bicyclic) bond motifs is 1. The van der Waals surface area contributed by atoms with E-state index in [0.29, 0.717) is 5.57 Å². The third kappa shape index (κ3) is 6.86. The van der Waals surface area contributed by atoms with Crippen molar-refractivity contribution in [2.24, 2.45) is 0 Å². The summed E-state index contributed by atoms with van der Waals surface area (Å²) in [7, 11) is 1.24. The number of aliphatic hydroxyl groups excluding tert-OH is 2. The number of carbonyl (C=O) groups excluding carboxylic acids is 7. The Morgan fingerprint density at radius 2 is 1.30 bits per heavy atom. The number of anilines is 2. The van der Waals surface area contributed by atoms with Gasteiger partial charge in [0.25, 0.3) is 0 Å². The number of nitrogens with zero attached hydrogens (tertiary/aromatic N) is 2. The second kappa shape index (κ2) is 16.0. The fraction of sp³-hybridized carbons (Fsp3) is 0.310. The molecule has 21 nitrogen and oxygen atoms in total. The molecule has 63 heavy (non-hydrogen) atoms. The Bertz CT molecular complexity index is 3010. The van der Waals surface area contributed by atoms with Crippen molar-refractivity contribution in [3.8, 4) is 11.5 Å². The van der Waals surface area contributed by atoms with E-state index < -0.39 is 110 Å². The monoisotopic (exact) mass is 866 g/mol. The van der Waals surface area contributed by atoms with Gasteiger partial charge in [0.1, 0.15) is 38.6 Å². The highest BCUT2D eigenvalue weighted by atomic mass is 16.6. The Morgan fingerprint density at radius 3 is 1.86 bits per heavy atom.